The number of rotatable bonds is 2. The molecule has 2 heteroatoms. The van der Waals surface area contributed by atoms with E-state index in [1.165, 1.54) is 18.9 Å². The van der Waals surface area contributed by atoms with Crippen LogP contribution in [0.2, 0.25) is 0 Å². The molecule has 0 N–H and O–H groups in total. The second-order valence-electron chi connectivity index (χ2n) is 3.51. The van der Waals surface area contributed by atoms with Crippen molar-refractivity contribution in [2.45, 2.75) is 12.8 Å². The molecule has 2 aliphatic rings. The Labute approximate surface area is 71.7 Å². The predicted octanol–water partition coefficient (Wildman–Crippen LogP) is 2.05. The molecule has 0 spiro atoms. The summed E-state index contributed by atoms with van der Waals surface area (Å²) in [6.07, 6.45) is 12.2. The van der Waals surface area contributed by atoms with E-state index in [4.69, 9.17) is 0 Å². The molecule has 2 rings (SSSR count). The molecular weight excluding hydrogens is 150 g/mol. The van der Waals surface area contributed by atoms with Gasteiger partial charge in [0.1, 0.15) is 0 Å². The fraction of sp³-hybridized carbons (Fsp3) is 0.500. The van der Waals surface area contributed by atoms with Gasteiger partial charge in [0.2, 0.25) is 6.08 Å². The summed E-state index contributed by atoms with van der Waals surface area (Å²) in [5, 5.41) is 0. The monoisotopic (exact) mass is 161 g/mol. The molecule has 2 nitrogen and oxygen atoms in total. The SMILES string of the molecule is O=C=NC=CC1CC2C=CC1C2. The number of nitrogens with zero attached hydrogens (tertiary/aromatic N) is 1. The van der Waals surface area contributed by atoms with Crippen LogP contribution in [-0.4, -0.2) is 6.08 Å². The lowest BCUT2D eigenvalue weighted by atomic mass is 9.94. The number of allylic oxidation sites excluding steroid dienone is 3. The minimum Gasteiger partial charge on any atom is -0.211 e. The van der Waals surface area contributed by atoms with Gasteiger partial charge in [-0.25, -0.2) is 4.79 Å². The molecule has 3 atom stereocenters. The predicted molar refractivity (Wildman–Crippen MR) is 46.1 cm³/mol. The van der Waals surface area contributed by atoms with E-state index in [0.717, 1.165) is 5.92 Å². The van der Waals surface area contributed by atoms with Crippen LogP contribution in [0.3, 0.4) is 0 Å². The molecule has 0 saturated heterocycles. The lowest BCUT2D eigenvalue weighted by Gasteiger charge is -2.11. The third-order valence-corrected chi connectivity index (χ3v) is 2.79. The van der Waals surface area contributed by atoms with E-state index in [1.54, 1.807) is 6.20 Å². The van der Waals surface area contributed by atoms with Crippen LogP contribution in [-0.2, 0) is 4.79 Å². The number of carbonyl (C=O) groups excluding carboxylic acids is 1. The summed E-state index contributed by atoms with van der Waals surface area (Å²) >= 11 is 0. The van der Waals surface area contributed by atoms with Crippen LogP contribution in [0.5, 0.6) is 0 Å². The van der Waals surface area contributed by atoms with Crippen LogP contribution < -0.4 is 0 Å². The van der Waals surface area contributed by atoms with E-state index in [0.29, 0.717) is 11.8 Å². The topological polar surface area (TPSA) is 29.4 Å². The molecule has 0 aromatic heterocycles. The van der Waals surface area contributed by atoms with Crippen molar-refractivity contribution in [2.75, 3.05) is 0 Å². The second kappa shape index (κ2) is 3.08. The van der Waals surface area contributed by atoms with Gasteiger partial charge in [0.25, 0.3) is 0 Å². The van der Waals surface area contributed by atoms with Crippen LogP contribution >= 0.6 is 0 Å². The Hall–Kier alpha value is -1.14. The zero-order valence-corrected chi connectivity index (χ0v) is 6.81. The van der Waals surface area contributed by atoms with E-state index < -0.39 is 0 Å². The maximum Gasteiger partial charge on any atom is 0.239 e. The van der Waals surface area contributed by atoms with Gasteiger partial charge in [-0.15, -0.1) is 0 Å². The average Bonchev–Trinajstić information content (AvgIpc) is 2.65. The summed E-state index contributed by atoms with van der Waals surface area (Å²) in [4.78, 5) is 13.2. The van der Waals surface area contributed by atoms with Crippen LogP contribution in [0.4, 0.5) is 0 Å². The van der Waals surface area contributed by atoms with Crippen molar-refractivity contribution >= 4 is 6.08 Å². The molecule has 12 heavy (non-hydrogen) atoms. The highest BCUT2D eigenvalue weighted by Gasteiger charge is 2.33. The van der Waals surface area contributed by atoms with Gasteiger partial charge >= 0.3 is 0 Å². The maximum atomic E-state index is 9.78. The summed E-state index contributed by atoms with van der Waals surface area (Å²) in [6.45, 7) is 0. The molecule has 1 fully saturated rings. The van der Waals surface area contributed by atoms with Crippen molar-refractivity contribution in [1.82, 2.24) is 0 Å². The van der Waals surface area contributed by atoms with Crippen LogP contribution in [0.15, 0.2) is 29.4 Å². The first-order valence-corrected chi connectivity index (χ1v) is 4.32. The normalized spacial score (nSPS) is 37.5. The van der Waals surface area contributed by atoms with Crippen LogP contribution in [0.25, 0.3) is 0 Å². The van der Waals surface area contributed by atoms with E-state index in [2.05, 4.69) is 17.1 Å². The Balaban J connectivity index is 1.99. The quantitative estimate of drug-likeness (QED) is 0.346. The van der Waals surface area contributed by atoms with Gasteiger partial charge in [-0.3, -0.25) is 0 Å². The Kier molecular flexibility index (Phi) is 1.92. The minimum absolute atomic E-state index is 0.608. The molecule has 0 aromatic rings. The molecule has 2 bridgehead atoms. The second-order valence-corrected chi connectivity index (χ2v) is 3.51. The highest BCUT2D eigenvalue weighted by atomic mass is 16.1. The van der Waals surface area contributed by atoms with Gasteiger partial charge in [-0.1, -0.05) is 18.2 Å². The summed E-state index contributed by atoms with van der Waals surface area (Å²) in [6, 6.07) is 0. The van der Waals surface area contributed by atoms with Gasteiger partial charge in [0.15, 0.2) is 0 Å². The first kappa shape index (κ1) is 7.51. The highest BCUT2D eigenvalue weighted by molar-refractivity contribution is 5.34. The number of fused-ring (bicyclic) bond motifs is 2. The number of hydrogen-bond acceptors (Lipinski definition) is 2. The van der Waals surface area contributed by atoms with Crippen molar-refractivity contribution in [3.8, 4) is 0 Å². The van der Waals surface area contributed by atoms with E-state index in [-0.39, 0.29) is 0 Å². The van der Waals surface area contributed by atoms with Gasteiger partial charge < -0.3 is 0 Å². The molecule has 1 saturated carbocycles. The Morgan fingerprint density at radius 3 is 2.92 bits per heavy atom. The van der Waals surface area contributed by atoms with Crippen LogP contribution in [0.1, 0.15) is 12.8 Å². The molecule has 62 valence electrons. The zero-order chi connectivity index (χ0) is 8.39. The summed E-state index contributed by atoms with van der Waals surface area (Å²) in [5.41, 5.74) is 0. The molecule has 0 aliphatic heterocycles. The average molecular weight is 161 g/mol. The number of hydrogen-bond donors (Lipinski definition) is 0. The summed E-state index contributed by atoms with van der Waals surface area (Å²) in [5.74, 6) is 2.09. The molecule has 3 unspecified atom stereocenters. The summed E-state index contributed by atoms with van der Waals surface area (Å²) < 4.78 is 0. The molecule has 0 aromatic carbocycles. The number of aliphatic imine (C=N–C) groups is 1. The maximum absolute atomic E-state index is 9.78. The van der Waals surface area contributed by atoms with E-state index >= 15 is 0 Å². The van der Waals surface area contributed by atoms with Gasteiger partial charge in [-0.05, 0) is 30.6 Å². The largest absolute Gasteiger partial charge is 0.239 e. The van der Waals surface area contributed by atoms with Crippen molar-refractivity contribution in [1.29, 1.82) is 0 Å². The third-order valence-electron chi connectivity index (χ3n) is 2.79. The lowest BCUT2D eigenvalue weighted by Crippen LogP contribution is -2.02. The van der Waals surface area contributed by atoms with Crippen molar-refractivity contribution in [2.24, 2.45) is 22.7 Å². The van der Waals surface area contributed by atoms with Crippen molar-refractivity contribution < 1.29 is 4.79 Å². The standard InChI is InChI=1S/C10H11NO/c12-7-11-4-3-10-6-8-1-2-9(10)5-8/h1-4,8-10H,5-6H2. The third kappa shape index (κ3) is 1.26. The Bertz CT molecular complexity index is 274. The highest BCUT2D eigenvalue weighted by Crippen LogP contribution is 2.43. The van der Waals surface area contributed by atoms with E-state index in [1.807, 2.05) is 6.08 Å². The molecule has 0 radical (unpaired) electrons. The van der Waals surface area contributed by atoms with Gasteiger partial charge in [-0.2, -0.15) is 4.99 Å². The molecular formula is C10H11NO. The summed E-state index contributed by atoms with van der Waals surface area (Å²) in [7, 11) is 0. The fourth-order valence-corrected chi connectivity index (χ4v) is 2.23. The fourth-order valence-electron chi connectivity index (χ4n) is 2.23. The first-order chi connectivity index (χ1) is 5.90. The molecule has 0 heterocycles. The van der Waals surface area contributed by atoms with Gasteiger partial charge in [0.05, 0.1) is 0 Å². The molecule has 2 aliphatic carbocycles. The van der Waals surface area contributed by atoms with Crippen LogP contribution in [0, 0.1) is 17.8 Å². The first-order valence-electron chi connectivity index (χ1n) is 4.32. The van der Waals surface area contributed by atoms with Crippen molar-refractivity contribution in [3.63, 3.8) is 0 Å². The molecule has 0 amide bonds. The smallest absolute Gasteiger partial charge is 0.211 e. The Morgan fingerprint density at radius 2 is 2.33 bits per heavy atom. The zero-order valence-electron chi connectivity index (χ0n) is 6.81. The minimum atomic E-state index is 0.608. The van der Waals surface area contributed by atoms with Crippen molar-refractivity contribution in [3.05, 3.63) is 24.4 Å². The lowest BCUT2D eigenvalue weighted by molar-refractivity contribution is 0.548. The Morgan fingerprint density at radius 1 is 1.42 bits per heavy atom. The number of isocyanates is 1. The van der Waals surface area contributed by atoms with Gasteiger partial charge in [0, 0.05) is 6.20 Å². The van der Waals surface area contributed by atoms with E-state index in [9.17, 15) is 4.79 Å².